The van der Waals surface area contributed by atoms with E-state index in [9.17, 15) is 18.0 Å². The summed E-state index contributed by atoms with van der Waals surface area (Å²) in [6, 6.07) is 11.1. The minimum Gasteiger partial charge on any atom is -0.454 e. The predicted molar refractivity (Wildman–Crippen MR) is 121 cm³/mol. The van der Waals surface area contributed by atoms with Gasteiger partial charge in [0.05, 0.1) is 4.90 Å². The van der Waals surface area contributed by atoms with Crippen LogP contribution in [0.5, 0.6) is 11.5 Å². The topological polar surface area (TPSA) is 114 Å². The van der Waals surface area contributed by atoms with Gasteiger partial charge in [-0.25, -0.2) is 8.42 Å². The summed E-state index contributed by atoms with van der Waals surface area (Å²) in [5.41, 5.74) is 1.53. The number of hydrogen-bond acceptors (Lipinski definition) is 6. The second-order valence-electron chi connectivity index (χ2n) is 8.28. The van der Waals surface area contributed by atoms with Crippen molar-refractivity contribution < 1.29 is 27.5 Å². The lowest BCUT2D eigenvalue weighted by atomic mass is 9.97. The molecule has 2 aromatic carbocycles. The number of nitrogens with zero attached hydrogens (tertiary/aromatic N) is 1. The van der Waals surface area contributed by atoms with Crippen LogP contribution in [0.25, 0.3) is 0 Å². The lowest BCUT2D eigenvalue weighted by molar-refractivity contribution is -0.129. The molecule has 2 N–H and O–H groups in total. The van der Waals surface area contributed by atoms with Crippen molar-refractivity contribution in [3.05, 3.63) is 48.0 Å². The monoisotopic (exact) mass is 473 g/mol. The number of benzene rings is 2. The molecule has 1 saturated heterocycles. The molecular weight excluding hydrogens is 446 g/mol. The summed E-state index contributed by atoms with van der Waals surface area (Å²) in [6.07, 6.45) is 0.793. The Morgan fingerprint density at radius 2 is 1.70 bits per heavy atom. The molecule has 4 rings (SSSR count). The Morgan fingerprint density at radius 3 is 2.39 bits per heavy atom. The van der Waals surface area contributed by atoms with Gasteiger partial charge in [0.15, 0.2) is 11.5 Å². The molecule has 0 saturated carbocycles. The fourth-order valence-electron chi connectivity index (χ4n) is 3.84. The van der Waals surface area contributed by atoms with Gasteiger partial charge in [0.1, 0.15) is 6.04 Å². The van der Waals surface area contributed by atoms with Gasteiger partial charge in [-0.3, -0.25) is 9.59 Å². The molecule has 0 aliphatic carbocycles. The molecule has 1 fully saturated rings. The maximum atomic E-state index is 12.8. The molecule has 0 radical (unpaired) electrons. The van der Waals surface area contributed by atoms with Crippen LogP contribution >= 0.6 is 0 Å². The Balaban J connectivity index is 1.28. The predicted octanol–water partition coefficient (Wildman–Crippen LogP) is 2.27. The molecule has 0 unspecified atom stereocenters. The molecule has 0 spiro atoms. The summed E-state index contributed by atoms with van der Waals surface area (Å²) >= 11 is 0. The average Bonchev–Trinajstić information content (AvgIpc) is 3.27. The molecule has 2 aliphatic heterocycles. The maximum absolute atomic E-state index is 12.8. The Kier molecular flexibility index (Phi) is 6.57. The van der Waals surface area contributed by atoms with Gasteiger partial charge in [-0.2, -0.15) is 4.31 Å². The molecule has 2 aliphatic rings. The first kappa shape index (κ1) is 23.1. The second kappa shape index (κ2) is 9.40. The molecule has 0 bridgehead atoms. The fraction of sp³-hybridized carbons (Fsp3) is 0.391. The summed E-state index contributed by atoms with van der Waals surface area (Å²) in [7, 11) is -3.59. The number of carbonyl (C=O) groups excluding carboxylic acids is 2. The maximum Gasteiger partial charge on any atom is 0.246 e. The lowest BCUT2D eigenvalue weighted by Gasteiger charge is -2.31. The van der Waals surface area contributed by atoms with Crippen LogP contribution < -0.4 is 20.1 Å². The average molecular weight is 474 g/mol. The highest BCUT2D eigenvalue weighted by molar-refractivity contribution is 7.89. The highest BCUT2D eigenvalue weighted by atomic mass is 32.2. The summed E-state index contributed by atoms with van der Waals surface area (Å²) in [4.78, 5) is 25.5. The summed E-state index contributed by atoms with van der Waals surface area (Å²) in [5, 5.41) is 5.49. The van der Waals surface area contributed by atoms with E-state index in [1.807, 2.05) is 6.92 Å². The molecule has 2 amide bonds. The molecule has 176 valence electrons. The van der Waals surface area contributed by atoms with Crippen molar-refractivity contribution in [3.63, 3.8) is 0 Å². The number of piperidine rings is 1. The lowest BCUT2D eigenvalue weighted by Crippen LogP contribution is -2.47. The number of hydrogen-bond donors (Lipinski definition) is 2. The van der Waals surface area contributed by atoms with Crippen LogP contribution in [0, 0.1) is 12.8 Å². The highest BCUT2D eigenvalue weighted by Gasteiger charge is 2.33. The molecular formula is C23H27N3O6S. The van der Waals surface area contributed by atoms with E-state index in [0.717, 1.165) is 5.56 Å². The number of nitrogens with one attached hydrogen (secondary N) is 2. The van der Waals surface area contributed by atoms with E-state index in [1.165, 1.54) is 4.31 Å². The smallest absolute Gasteiger partial charge is 0.246 e. The number of carbonyl (C=O) groups is 2. The first-order chi connectivity index (χ1) is 15.7. The largest absolute Gasteiger partial charge is 0.454 e. The highest BCUT2D eigenvalue weighted by Crippen LogP contribution is 2.34. The third kappa shape index (κ3) is 5.12. The van der Waals surface area contributed by atoms with E-state index in [1.54, 1.807) is 49.4 Å². The minimum absolute atomic E-state index is 0.143. The minimum atomic E-state index is -3.59. The number of rotatable bonds is 6. The number of anilines is 1. The van der Waals surface area contributed by atoms with E-state index in [2.05, 4.69) is 10.6 Å². The van der Waals surface area contributed by atoms with Gasteiger partial charge in [0, 0.05) is 30.8 Å². The molecule has 33 heavy (non-hydrogen) atoms. The van der Waals surface area contributed by atoms with E-state index in [4.69, 9.17) is 9.47 Å². The van der Waals surface area contributed by atoms with Crippen molar-refractivity contribution >= 4 is 27.5 Å². The van der Waals surface area contributed by atoms with Gasteiger partial charge < -0.3 is 20.1 Å². The van der Waals surface area contributed by atoms with Crippen LogP contribution in [0.4, 0.5) is 5.69 Å². The SMILES string of the molecule is Cc1ccc(S(=O)(=O)N2CCC(C(=O)N[C@@H](C)C(=O)Nc3ccc4c(c3)OCO4)CC2)cc1. The van der Waals surface area contributed by atoms with Crippen LogP contribution in [-0.4, -0.2) is 50.5 Å². The van der Waals surface area contributed by atoms with E-state index < -0.39 is 16.1 Å². The number of amides is 2. The fourth-order valence-corrected chi connectivity index (χ4v) is 5.31. The van der Waals surface area contributed by atoms with E-state index in [-0.39, 0.29) is 42.5 Å². The number of ether oxygens (including phenoxy) is 2. The van der Waals surface area contributed by atoms with Crippen LogP contribution in [-0.2, 0) is 19.6 Å². The zero-order valence-corrected chi connectivity index (χ0v) is 19.4. The van der Waals surface area contributed by atoms with Crippen molar-refractivity contribution in [2.75, 3.05) is 25.2 Å². The van der Waals surface area contributed by atoms with Crippen LogP contribution in [0.3, 0.4) is 0 Å². The molecule has 2 heterocycles. The second-order valence-corrected chi connectivity index (χ2v) is 10.2. The van der Waals surface area contributed by atoms with E-state index >= 15 is 0 Å². The first-order valence-corrected chi connectivity index (χ1v) is 12.3. The Morgan fingerprint density at radius 1 is 1.03 bits per heavy atom. The Hall–Kier alpha value is -3.11. The number of aryl methyl sites for hydroxylation is 1. The standard InChI is InChI=1S/C23H27N3O6S/c1-15-3-6-19(7-4-15)33(29,30)26-11-9-17(10-12-26)23(28)24-16(2)22(27)25-18-5-8-20-21(13-18)32-14-31-20/h3-8,13,16-17H,9-12,14H2,1-2H3,(H,24,28)(H,25,27)/t16-/m0/s1. The number of fused-ring (bicyclic) bond motifs is 1. The first-order valence-electron chi connectivity index (χ1n) is 10.8. The molecule has 0 aromatic heterocycles. The van der Waals surface area contributed by atoms with Gasteiger partial charge in [-0.15, -0.1) is 0 Å². The van der Waals surface area contributed by atoms with Gasteiger partial charge in [0.25, 0.3) is 0 Å². The third-order valence-corrected chi connectivity index (χ3v) is 7.79. The summed E-state index contributed by atoms with van der Waals surface area (Å²) in [5.74, 6) is 0.203. The van der Waals surface area contributed by atoms with Crippen molar-refractivity contribution in [1.82, 2.24) is 9.62 Å². The van der Waals surface area contributed by atoms with Crippen molar-refractivity contribution in [2.45, 2.75) is 37.6 Å². The molecule has 10 heteroatoms. The Bertz CT molecular complexity index is 1140. The van der Waals surface area contributed by atoms with Gasteiger partial charge in [0.2, 0.25) is 28.6 Å². The third-order valence-electron chi connectivity index (χ3n) is 5.88. The van der Waals surface area contributed by atoms with Crippen LogP contribution in [0.15, 0.2) is 47.4 Å². The van der Waals surface area contributed by atoms with Crippen LogP contribution in [0.2, 0.25) is 0 Å². The van der Waals surface area contributed by atoms with Gasteiger partial charge in [-0.05, 0) is 51.0 Å². The van der Waals surface area contributed by atoms with Crippen LogP contribution in [0.1, 0.15) is 25.3 Å². The Labute approximate surface area is 193 Å². The van der Waals surface area contributed by atoms with Crippen molar-refractivity contribution in [1.29, 1.82) is 0 Å². The quantitative estimate of drug-likeness (QED) is 0.665. The van der Waals surface area contributed by atoms with Gasteiger partial charge in [-0.1, -0.05) is 17.7 Å². The molecule has 9 nitrogen and oxygen atoms in total. The molecule has 1 atom stereocenters. The van der Waals surface area contributed by atoms with E-state index in [0.29, 0.717) is 30.0 Å². The van der Waals surface area contributed by atoms with Crippen molar-refractivity contribution in [2.24, 2.45) is 5.92 Å². The zero-order valence-electron chi connectivity index (χ0n) is 18.5. The summed E-state index contributed by atoms with van der Waals surface area (Å²) in [6.45, 7) is 4.16. The van der Waals surface area contributed by atoms with Crippen molar-refractivity contribution in [3.8, 4) is 11.5 Å². The number of sulfonamides is 1. The summed E-state index contributed by atoms with van der Waals surface area (Å²) < 4.78 is 37.6. The molecule has 2 aromatic rings. The van der Waals surface area contributed by atoms with Gasteiger partial charge >= 0.3 is 0 Å². The normalized spacial score (nSPS) is 17.4. The zero-order chi connectivity index (χ0) is 23.6.